The average molecular weight is 242 g/mol. The smallest absolute Gasteiger partial charge is 0.383 e. The molecule has 0 bridgehead atoms. The third-order valence-corrected chi connectivity index (χ3v) is 2.17. The number of nitrogens with zero attached hydrogens (tertiary/aromatic N) is 1. The Bertz CT molecular complexity index is 174. The highest BCUT2D eigenvalue weighted by Crippen LogP contribution is 2.17. The van der Waals surface area contributed by atoms with Gasteiger partial charge < -0.3 is 10.1 Å². The lowest BCUT2D eigenvalue weighted by Crippen LogP contribution is -2.43. The van der Waals surface area contributed by atoms with Gasteiger partial charge in [-0.3, -0.25) is 4.90 Å². The number of hydrogen-bond acceptors (Lipinski definition) is 3. The molecule has 0 atom stereocenters. The van der Waals surface area contributed by atoms with Gasteiger partial charge in [0.25, 0.3) is 0 Å². The number of rotatable bonds is 8. The fourth-order valence-electron chi connectivity index (χ4n) is 1.27. The van der Waals surface area contributed by atoms with E-state index in [1.807, 2.05) is 0 Å². The van der Waals surface area contributed by atoms with Crippen molar-refractivity contribution in [3.8, 4) is 0 Å². The molecular formula is C10H21F3N2O. The summed E-state index contributed by atoms with van der Waals surface area (Å²) in [6.45, 7) is 4.84. The Hall–Kier alpha value is -0.330. The molecule has 98 valence electrons. The molecule has 0 fully saturated rings. The highest BCUT2D eigenvalue weighted by Gasteiger charge is 2.31. The zero-order chi connectivity index (χ0) is 12.6. The first-order valence-corrected chi connectivity index (χ1v) is 5.37. The summed E-state index contributed by atoms with van der Waals surface area (Å²) in [5.74, 6) is 0. The second-order valence-electron chi connectivity index (χ2n) is 3.92. The SMILES string of the molecule is COCCNCCN(CC(F)(F)F)C(C)C. The minimum absolute atomic E-state index is 0.106. The van der Waals surface area contributed by atoms with Gasteiger partial charge >= 0.3 is 6.18 Å². The summed E-state index contributed by atoms with van der Waals surface area (Å²) in [5.41, 5.74) is 0. The van der Waals surface area contributed by atoms with Crippen LogP contribution in [0.1, 0.15) is 13.8 Å². The zero-order valence-electron chi connectivity index (χ0n) is 10.1. The zero-order valence-corrected chi connectivity index (χ0v) is 10.1. The van der Waals surface area contributed by atoms with E-state index in [1.165, 1.54) is 4.90 Å². The summed E-state index contributed by atoms with van der Waals surface area (Å²) in [6, 6.07) is -0.106. The largest absolute Gasteiger partial charge is 0.401 e. The predicted molar refractivity (Wildman–Crippen MR) is 57.5 cm³/mol. The number of halogens is 3. The molecule has 0 heterocycles. The van der Waals surface area contributed by atoms with Crippen LogP contribution in [0.3, 0.4) is 0 Å². The fourth-order valence-corrected chi connectivity index (χ4v) is 1.27. The van der Waals surface area contributed by atoms with Crippen LogP contribution in [-0.2, 0) is 4.74 Å². The van der Waals surface area contributed by atoms with Crippen LogP contribution in [0, 0.1) is 0 Å². The normalized spacial score (nSPS) is 12.8. The quantitative estimate of drug-likeness (QED) is 0.653. The number of ether oxygens (including phenoxy) is 1. The number of methoxy groups -OCH3 is 1. The van der Waals surface area contributed by atoms with E-state index in [9.17, 15) is 13.2 Å². The summed E-state index contributed by atoms with van der Waals surface area (Å²) in [6.07, 6.45) is -4.13. The van der Waals surface area contributed by atoms with Crippen LogP contribution in [0.2, 0.25) is 0 Å². The molecule has 0 aromatic heterocycles. The third kappa shape index (κ3) is 8.94. The van der Waals surface area contributed by atoms with Crippen molar-refractivity contribution in [2.75, 3.05) is 39.9 Å². The van der Waals surface area contributed by atoms with E-state index in [0.717, 1.165) is 0 Å². The van der Waals surface area contributed by atoms with Crippen LogP contribution in [0.5, 0.6) is 0 Å². The molecular weight excluding hydrogens is 221 g/mol. The van der Waals surface area contributed by atoms with Crippen LogP contribution < -0.4 is 5.32 Å². The van der Waals surface area contributed by atoms with Crippen molar-refractivity contribution in [2.24, 2.45) is 0 Å². The van der Waals surface area contributed by atoms with Crippen LogP contribution in [0.25, 0.3) is 0 Å². The highest BCUT2D eigenvalue weighted by molar-refractivity contribution is 4.68. The monoisotopic (exact) mass is 242 g/mol. The molecule has 1 N–H and O–H groups in total. The second kappa shape index (κ2) is 7.86. The van der Waals surface area contributed by atoms with Crippen LogP contribution in [0.4, 0.5) is 13.2 Å². The van der Waals surface area contributed by atoms with Gasteiger partial charge in [0, 0.05) is 32.8 Å². The fraction of sp³-hybridized carbons (Fsp3) is 1.00. The van der Waals surface area contributed by atoms with Gasteiger partial charge in [-0.25, -0.2) is 0 Å². The lowest BCUT2D eigenvalue weighted by molar-refractivity contribution is -0.149. The van der Waals surface area contributed by atoms with Crippen molar-refractivity contribution < 1.29 is 17.9 Å². The topological polar surface area (TPSA) is 24.5 Å². The summed E-state index contributed by atoms with van der Waals surface area (Å²) in [5, 5.41) is 3.02. The standard InChI is InChI=1S/C10H21F3N2O/c1-9(2)15(8-10(11,12)13)6-4-14-5-7-16-3/h9,14H,4-8H2,1-3H3. The van der Waals surface area contributed by atoms with Crippen LogP contribution >= 0.6 is 0 Å². The van der Waals surface area contributed by atoms with Crippen LogP contribution in [-0.4, -0.2) is 57.0 Å². The van der Waals surface area contributed by atoms with Crippen LogP contribution in [0.15, 0.2) is 0 Å². The molecule has 0 saturated carbocycles. The first-order chi connectivity index (χ1) is 7.37. The van der Waals surface area contributed by atoms with Gasteiger partial charge in [-0.15, -0.1) is 0 Å². The Morgan fingerprint density at radius 3 is 2.31 bits per heavy atom. The van der Waals surface area contributed by atoms with Crippen molar-refractivity contribution in [2.45, 2.75) is 26.1 Å². The Morgan fingerprint density at radius 2 is 1.88 bits per heavy atom. The van der Waals surface area contributed by atoms with Gasteiger partial charge in [-0.2, -0.15) is 13.2 Å². The van der Waals surface area contributed by atoms with E-state index in [4.69, 9.17) is 4.74 Å². The maximum Gasteiger partial charge on any atom is 0.401 e. The maximum atomic E-state index is 12.2. The summed E-state index contributed by atoms with van der Waals surface area (Å²) >= 11 is 0. The first-order valence-electron chi connectivity index (χ1n) is 5.37. The lowest BCUT2D eigenvalue weighted by atomic mass is 10.3. The second-order valence-corrected chi connectivity index (χ2v) is 3.92. The van der Waals surface area contributed by atoms with Crippen molar-refractivity contribution in [1.29, 1.82) is 0 Å². The maximum absolute atomic E-state index is 12.2. The highest BCUT2D eigenvalue weighted by atomic mass is 19.4. The van der Waals surface area contributed by atoms with Gasteiger partial charge in [0.1, 0.15) is 0 Å². The molecule has 0 rings (SSSR count). The van der Waals surface area contributed by atoms with E-state index in [0.29, 0.717) is 26.2 Å². The summed E-state index contributed by atoms with van der Waals surface area (Å²) in [4.78, 5) is 1.40. The molecule has 0 aliphatic carbocycles. The molecule has 0 amide bonds. The summed E-state index contributed by atoms with van der Waals surface area (Å²) < 4.78 is 41.5. The Morgan fingerprint density at radius 1 is 1.25 bits per heavy atom. The van der Waals surface area contributed by atoms with Gasteiger partial charge in [0.05, 0.1) is 13.2 Å². The van der Waals surface area contributed by atoms with Crippen molar-refractivity contribution in [3.63, 3.8) is 0 Å². The molecule has 0 aliphatic rings. The van der Waals surface area contributed by atoms with Gasteiger partial charge in [0.2, 0.25) is 0 Å². The molecule has 0 aromatic rings. The predicted octanol–water partition coefficient (Wildman–Crippen LogP) is 1.50. The minimum Gasteiger partial charge on any atom is -0.383 e. The van der Waals surface area contributed by atoms with Crippen molar-refractivity contribution >= 4 is 0 Å². The number of hydrogen-bond donors (Lipinski definition) is 1. The molecule has 0 radical (unpaired) electrons. The Kier molecular flexibility index (Phi) is 7.70. The summed E-state index contributed by atoms with van der Waals surface area (Å²) in [7, 11) is 1.59. The van der Waals surface area contributed by atoms with Gasteiger partial charge in [-0.1, -0.05) is 0 Å². The van der Waals surface area contributed by atoms with E-state index in [-0.39, 0.29) is 6.04 Å². The van der Waals surface area contributed by atoms with Gasteiger partial charge in [0.15, 0.2) is 0 Å². The lowest BCUT2D eigenvalue weighted by Gasteiger charge is -2.27. The molecule has 0 spiro atoms. The third-order valence-electron chi connectivity index (χ3n) is 2.17. The Balaban J connectivity index is 3.78. The molecule has 6 heteroatoms. The van der Waals surface area contributed by atoms with E-state index >= 15 is 0 Å². The molecule has 0 aromatic carbocycles. The van der Waals surface area contributed by atoms with Crippen molar-refractivity contribution in [1.82, 2.24) is 10.2 Å². The van der Waals surface area contributed by atoms with E-state index in [1.54, 1.807) is 21.0 Å². The van der Waals surface area contributed by atoms with Gasteiger partial charge in [-0.05, 0) is 13.8 Å². The van der Waals surface area contributed by atoms with E-state index < -0.39 is 12.7 Å². The van der Waals surface area contributed by atoms with Crippen molar-refractivity contribution in [3.05, 3.63) is 0 Å². The molecule has 0 unspecified atom stereocenters. The van der Waals surface area contributed by atoms with E-state index in [2.05, 4.69) is 5.32 Å². The average Bonchev–Trinajstić information content (AvgIpc) is 2.13. The minimum atomic E-state index is -4.13. The molecule has 0 saturated heterocycles. The molecule has 16 heavy (non-hydrogen) atoms. The molecule has 3 nitrogen and oxygen atoms in total. The first kappa shape index (κ1) is 15.7. The number of nitrogens with one attached hydrogen (secondary N) is 1. The molecule has 0 aliphatic heterocycles. The number of alkyl halides is 3. The Labute approximate surface area is 94.9 Å².